The number of hydrogen-bond acceptors (Lipinski definition) is 4. The molecule has 0 bridgehead atoms. The van der Waals surface area contributed by atoms with E-state index in [-0.39, 0.29) is 11.3 Å². The first-order valence-corrected chi connectivity index (χ1v) is 7.13. The van der Waals surface area contributed by atoms with Gasteiger partial charge in [-0.3, -0.25) is 4.79 Å². The number of rotatable bonds is 5. The van der Waals surface area contributed by atoms with Crippen LogP contribution in [0.15, 0.2) is 36.4 Å². The number of esters is 1. The highest BCUT2D eigenvalue weighted by molar-refractivity contribution is 5.97. The van der Waals surface area contributed by atoms with Crippen LogP contribution in [-0.2, 0) is 9.53 Å². The summed E-state index contributed by atoms with van der Waals surface area (Å²) in [5.41, 5.74) is -0.791. The maximum atomic E-state index is 13.6. The van der Waals surface area contributed by atoms with Gasteiger partial charge in [0.1, 0.15) is 17.3 Å². The van der Waals surface area contributed by atoms with Crippen molar-refractivity contribution in [2.45, 2.75) is 13.0 Å². The maximum absolute atomic E-state index is 13.6. The number of para-hydroxylation sites is 1. The Morgan fingerprint density at radius 2 is 1.68 bits per heavy atom. The lowest BCUT2D eigenvalue weighted by Crippen LogP contribution is -2.30. The molecule has 0 fully saturated rings. The molecule has 132 valence electrons. The summed E-state index contributed by atoms with van der Waals surface area (Å²) >= 11 is 0. The summed E-state index contributed by atoms with van der Waals surface area (Å²) < 4.78 is 50.2. The molecule has 0 heterocycles. The normalized spacial score (nSPS) is 11.6. The SMILES string of the molecule is COc1ccc(C(=O)O[C@@H](C)C(=O)Nc2c(F)cccc2F)cc1F. The zero-order valence-corrected chi connectivity index (χ0v) is 13.3. The summed E-state index contributed by atoms with van der Waals surface area (Å²) in [6.45, 7) is 1.21. The van der Waals surface area contributed by atoms with Gasteiger partial charge in [-0.1, -0.05) is 6.07 Å². The number of amides is 1. The van der Waals surface area contributed by atoms with Crippen LogP contribution in [-0.4, -0.2) is 25.1 Å². The molecule has 2 aromatic rings. The molecular weight excluding hydrogens is 339 g/mol. The van der Waals surface area contributed by atoms with Gasteiger partial charge in [0.2, 0.25) is 0 Å². The van der Waals surface area contributed by atoms with E-state index in [9.17, 15) is 22.8 Å². The molecule has 2 rings (SSSR count). The van der Waals surface area contributed by atoms with E-state index in [1.807, 2.05) is 5.32 Å². The molecule has 2 aromatic carbocycles. The predicted octanol–water partition coefficient (Wildman–Crippen LogP) is 3.30. The van der Waals surface area contributed by atoms with Crippen molar-refractivity contribution >= 4 is 17.6 Å². The Balaban J connectivity index is 2.05. The number of hydrogen-bond donors (Lipinski definition) is 1. The van der Waals surface area contributed by atoms with Crippen LogP contribution in [0.25, 0.3) is 0 Å². The fraction of sp³-hybridized carbons (Fsp3) is 0.176. The van der Waals surface area contributed by atoms with E-state index in [4.69, 9.17) is 9.47 Å². The Bertz CT molecular complexity index is 790. The number of carbonyl (C=O) groups is 2. The molecule has 25 heavy (non-hydrogen) atoms. The van der Waals surface area contributed by atoms with E-state index >= 15 is 0 Å². The zero-order chi connectivity index (χ0) is 18.6. The van der Waals surface area contributed by atoms with Crippen molar-refractivity contribution in [3.63, 3.8) is 0 Å². The van der Waals surface area contributed by atoms with Gasteiger partial charge in [-0.05, 0) is 37.3 Å². The molecule has 1 N–H and O–H groups in total. The summed E-state index contributed by atoms with van der Waals surface area (Å²) in [4.78, 5) is 23.9. The molecule has 0 unspecified atom stereocenters. The largest absolute Gasteiger partial charge is 0.494 e. The van der Waals surface area contributed by atoms with E-state index in [2.05, 4.69) is 0 Å². The summed E-state index contributed by atoms with van der Waals surface area (Å²) in [5.74, 6) is -4.68. The molecule has 0 spiro atoms. The third-order valence-electron chi connectivity index (χ3n) is 3.25. The first-order chi connectivity index (χ1) is 11.8. The summed E-state index contributed by atoms with van der Waals surface area (Å²) in [6, 6.07) is 6.45. The Morgan fingerprint density at radius 1 is 1.04 bits per heavy atom. The molecule has 0 saturated heterocycles. The van der Waals surface area contributed by atoms with Crippen molar-refractivity contribution in [2.24, 2.45) is 0 Å². The van der Waals surface area contributed by atoms with Crippen LogP contribution in [0.2, 0.25) is 0 Å². The first kappa shape index (κ1) is 18.3. The minimum atomic E-state index is -1.36. The summed E-state index contributed by atoms with van der Waals surface area (Å²) in [7, 11) is 1.27. The zero-order valence-electron chi connectivity index (χ0n) is 13.3. The highest BCUT2D eigenvalue weighted by Crippen LogP contribution is 2.20. The second kappa shape index (κ2) is 7.69. The molecule has 5 nitrogen and oxygen atoms in total. The van der Waals surface area contributed by atoms with E-state index < -0.39 is 41.1 Å². The van der Waals surface area contributed by atoms with Crippen LogP contribution < -0.4 is 10.1 Å². The van der Waals surface area contributed by atoms with Gasteiger partial charge in [0.25, 0.3) is 5.91 Å². The monoisotopic (exact) mass is 353 g/mol. The molecule has 1 amide bonds. The lowest BCUT2D eigenvalue weighted by atomic mass is 10.2. The maximum Gasteiger partial charge on any atom is 0.339 e. The average Bonchev–Trinajstić information content (AvgIpc) is 2.57. The molecule has 8 heteroatoms. The smallest absolute Gasteiger partial charge is 0.339 e. The fourth-order valence-electron chi connectivity index (χ4n) is 1.92. The number of methoxy groups -OCH3 is 1. The van der Waals surface area contributed by atoms with Crippen molar-refractivity contribution < 1.29 is 32.2 Å². The number of carbonyl (C=O) groups excluding carboxylic acids is 2. The highest BCUT2D eigenvalue weighted by atomic mass is 19.1. The van der Waals surface area contributed by atoms with E-state index in [1.165, 1.54) is 26.2 Å². The van der Waals surface area contributed by atoms with Gasteiger partial charge in [-0.15, -0.1) is 0 Å². The Hall–Kier alpha value is -3.03. The molecule has 0 aliphatic rings. The fourth-order valence-corrected chi connectivity index (χ4v) is 1.92. The second-order valence-electron chi connectivity index (χ2n) is 4.98. The van der Waals surface area contributed by atoms with Crippen molar-refractivity contribution in [3.05, 3.63) is 59.4 Å². The van der Waals surface area contributed by atoms with Crippen molar-refractivity contribution in [2.75, 3.05) is 12.4 Å². The standard InChI is InChI=1S/C17H14F3NO4/c1-9(16(22)21-15-11(18)4-3-5-12(15)19)25-17(23)10-6-7-14(24-2)13(20)8-10/h3-9H,1-2H3,(H,21,22)/t9-/m0/s1. The third-order valence-corrected chi connectivity index (χ3v) is 3.25. The van der Waals surface area contributed by atoms with Gasteiger partial charge in [-0.25, -0.2) is 18.0 Å². The van der Waals surface area contributed by atoms with Crippen LogP contribution in [0.1, 0.15) is 17.3 Å². The number of nitrogens with one attached hydrogen (secondary N) is 1. The van der Waals surface area contributed by atoms with E-state index in [0.717, 1.165) is 24.3 Å². The topological polar surface area (TPSA) is 64.6 Å². The number of benzene rings is 2. The second-order valence-corrected chi connectivity index (χ2v) is 4.98. The lowest BCUT2D eigenvalue weighted by Gasteiger charge is -2.14. The van der Waals surface area contributed by atoms with Crippen LogP contribution in [0.5, 0.6) is 5.75 Å². The first-order valence-electron chi connectivity index (χ1n) is 7.13. The number of halogens is 3. The van der Waals surface area contributed by atoms with Gasteiger partial charge in [0.15, 0.2) is 17.7 Å². The molecular formula is C17H14F3NO4. The average molecular weight is 353 g/mol. The quantitative estimate of drug-likeness (QED) is 0.838. The molecule has 0 aromatic heterocycles. The van der Waals surface area contributed by atoms with E-state index in [1.54, 1.807) is 0 Å². The van der Waals surface area contributed by atoms with Gasteiger partial charge in [0, 0.05) is 0 Å². The summed E-state index contributed by atoms with van der Waals surface area (Å²) in [6.07, 6.45) is -1.36. The van der Waals surface area contributed by atoms with Crippen LogP contribution in [0.4, 0.5) is 18.9 Å². The van der Waals surface area contributed by atoms with Crippen LogP contribution in [0.3, 0.4) is 0 Å². The Kier molecular flexibility index (Phi) is 5.63. The van der Waals surface area contributed by atoms with Gasteiger partial charge in [-0.2, -0.15) is 0 Å². The number of ether oxygens (including phenoxy) is 2. The Morgan fingerprint density at radius 3 is 2.24 bits per heavy atom. The molecule has 0 aliphatic carbocycles. The van der Waals surface area contributed by atoms with Crippen LogP contribution >= 0.6 is 0 Å². The van der Waals surface area contributed by atoms with Gasteiger partial charge >= 0.3 is 5.97 Å². The number of anilines is 1. The molecule has 0 radical (unpaired) electrons. The Labute approximate surface area is 141 Å². The van der Waals surface area contributed by atoms with Crippen LogP contribution in [0, 0.1) is 17.5 Å². The highest BCUT2D eigenvalue weighted by Gasteiger charge is 2.22. The van der Waals surface area contributed by atoms with Crippen molar-refractivity contribution in [1.29, 1.82) is 0 Å². The third kappa shape index (κ3) is 4.28. The minimum Gasteiger partial charge on any atom is -0.494 e. The minimum absolute atomic E-state index is 0.0580. The predicted molar refractivity (Wildman–Crippen MR) is 82.8 cm³/mol. The summed E-state index contributed by atoms with van der Waals surface area (Å²) in [5, 5.41) is 2.00. The van der Waals surface area contributed by atoms with Crippen molar-refractivity contribution in [3.8, 4) is 5.75 Å². The molecule has 1 atom stereocenters. The van der Waals surface area contributed by atoms with Gasteiger partial charge in [0.05, 0.1) is 12.7 Å². The van der Waals surface area contributed by atoms with Gasteiger partial charge < -0.3 is 14.8 Å². The lowest BCUT2D eigenvalue weighted by molar-refractivity contribution is -0.123. The molecule has 0 saturated carbocycles. The van der Waals surface area contributed by atoms with E-state index in [0.29, 0.717) is 0 Å². The van der Waals surface area contributed by atoms with Crippen molar-refractivity contribution in [1.82, 2.24) is 0 Å². The molecule has 0 aliphatic heterocycles.